The molecule has 0 bridgehead atoms. The van der Waals surface area contributed by atoms with E-state index in [9.17, 15) is 18.0 Å². The maximum atomic E-state index is 12.3. The van der Waals surface area contributed by atoms with Gasteiger partial charge in [-0.05, 0) is 32.6 Å². The first-order chi connectivity index (χ1) is 10.8. The topological polar surface area (TPSA) is 86.8 Å². The molecule has 0 spiro atoms. The molecule has 1 atom stereocenters. The van der Waals surface area contributed by atoms with Crippen molar-refractivity contribution in [3.05, 3.63) is 0 Å². The summed E-state index contributed by atoms with van der Waals surface area (Å²) in [7, 11) is -3.27. The lowest BCUT2D eigenvalue weighted by molar-refractivity contribution is -0.133. The molecule has 1 N–H and O–H groups in total. The first-order valence-corrected chi connectivity index (χ1v) is 10.5. The fraction of sp³-hybridized carbons (Fsp3) is 0.857. The zero-order chi connectivity index (χ0) is 17.0. The third kappa shape index (κ3) is 5.09. The van der Waals surface area contributed by atoms with Crippen LogP contribution in [0.25, 0.3) is 0 Å². The summed E-state index contributed by atoms with van der Waals surface area (Å²) in [5, 5.41) is -0.487. The van der Waals surface area contributed by atoms with E-state index in [0.717, 1.165) is 18.6 Å². The van der Waals surface area contributed by atoms with Crippen LogP contribution >= 0.6 is 11.8 Å². The van der Waals surface area contributed by atoms with Crippen LogP contribution in [0.15, 0.2) is 0 Å². The van der Waals surface area contributed by atoms with Crippen LogP contribution in [0.2, 0.25) is 0 Å². The molecule has 0 saturated carbocycles. The van der Waals surface area contributed by atoms with Gasteiger partial charge in [-0.2, -0.15) is 0 Å². The van der Waals surface area contributed by atoms with Gasteiger partial charge in [-0.25, -0.2) is 13.1 Å². The SMILES string of the molecule is CC(C)S(=O)(=O)NC[C@@H]1CCCN(C(=O)CN2CCSC2=O)C1. The standard InChI is InChI=1S/C14H25N3O4S2/c1-11(2)23(20,21)15-8-12-4-3-5-16(9-12)13(18)10-17-6-7-22-14(17)19/h11-12,15H,3-10H2,1-2H3/t12-/m0/s1. The van der Waals surface area contributed by atoms with E-state index in [2.05, 4.69) is 4.72 Å². The molecule has 2 heterocycles. The maximum absolute atomic E-state index is 12.3. The van der Waals surface area contributed by atoms with Crippen LogP contribution in [0.4, 0.5) is 4.79 Å². The first-order valence-electron chi connectivity index (χ1n) is 7.97. The third-order valence-electron chi connectivity index (χ3n) is 4.24. The highest BCUT2D eigenvalue weighted by molar-refractivity contribution is 8.13. The summed E-state index contributed by atoms with van der Waals surface area (Å²) in [5.41, 5.74) is 0. The Balaban J connectivity index is 1.83. The highest BCUT2D eigenvalue weighted by Gasteiger charge is 2.29. The van der Waals surface area contributed by atoms with Crippen LogP contribution < -0.4 is 4.72 Å². The van der Waals surface area contributed by atoms with Crippen molar-refractivity contribution >= 4 is 32.9 Å². The number of nitrogens with zero attached hydrogens (tertiary/aromatic N) is 2. The number of amides is 2. The van der Waals surface area contributed by atoms with Gasteiger partial charge in [0, 0.05) is 31.9 Å². The summed E-state index contributed by atoms with van der Waals surface area (Å²) in [4.78, 5) is 27.3. The molecule has 2 amide bonds. The number of piperidine rings is 1. The zero-order valence-corrected chi connectivity index (χ0v) is 15.3. The lowest BCUT2D eigenvalue weighted by Gasteiger charge is -2.33. The van der Waals surface area contributed by atoms with Crippen molar-refractivity contribution in [2.24, 2.45) is 5.92 Å². The molecule has 132 valence electrons. The van der Waals surface area contributed by atoms with Crippen LogP contribution in [-0.4, -0.2) is 73.1 Å². The Bertz CT molecular complexity index is 550. The van der Waals surface area contributed by atoms with Crippen LogP contribution in [0, 0.1) is 5.92 Å². The van der Waals surface area contributed by atoms with Crippen molar-refractivity contribution in [2.45, 2.75) is 31.9 Å². The predicted molar refractivity (Wildman–Crippen MR) is 90.8 cm³/mol. The van der Waals surface area contributed by atoms with Crippen molar-refractivity contribution < 1.29 is 18.0 Å². The minimum absolute atomic E-state index is 0.0309. The summed E-state index contributed by atoms with van der Waals surface area (Å²) in [6.45, 7) is 5.64. The predicted octanol–water partition coefficient (Wildman–Crippen LogP) is 0.722. The second kappa shape index (κ2) is 7.85. The smallest absolute Gasteiger partial charge is 0.282 e. The van der Waals surface area contributed by atoms with Gasteiger partial charge >= 0.3 is 0 Å². The molecule has 0 aromatic carbocycles. The summed E-state index contributed by atoms with van der Waals surface area (Å²) in [6.07, 6.45) is 1.77. The van der Waals surface area contributed by atoms with Gasteiger partial charge in [-0.1, -0.05) is 11.8 Å². The third-order valence-corrected chi connectivity index (χ3v) is 6.94. The first kappa shape index (κ1) is 18.5. The monoisotopic (exact) mass is 363 g/mol. The van der Waals surface area contributed by atoms with Gasteiger partial charge in [0.25, 0.3) is 5.24 Å². The molecule has 2 aliphatic heterocycles. The highest BCUT2D eigenvalue weighted by atomic mass is 32.2. The lowest BCUT2D eigenvalue weighted by Crippen LogP contribution is -2.47. The Kier molecular flexibility index (Phi) is 6.33. The Morgan fingerprint density at radius 2 is 2.13 bits per heavy atom. The summed E-state index contributed by atoms with van der Waals surface area (Å²) >= 11 is 1.25. The summed E-state index contributed by atoms with van der Waals surface area (Å²) in [6, 6.07) is 0. The zero-order valence-electron chi connectivity index (χ0n) is 13.7. The highest BCUT2D eigenvalue weighted by Crippen LogP contribution is 2.19. The van der Waals surface area contributed by atoms with Gasteiger partial charge in [-0.15, -0.1) is 0 Å². The van der Waals surface area contributed by atoms with E-state index < -0.39 is 15.3 Å². The van der Waals surface area contributed by atoms with E-state index in [1.165, 1.54) is 11.8 Å². The molecule has 0 aromatic heterocycles. The minimum atomic E-state index is -3.27. The molecule has 0 aromatic rings. The van der Waals surface area contributed by atoms with Crippen molar-refractivity contribution in [3.63, 3.8) is 0 Å². The van der Waals surface area contributed by atoms with E-state index in [-0.39, 0.29) is 23.6 Å². The molecule has 2 aliphatic rings. The summed E-state index contributed by atoms with van der Waals surface area (Å²) in [5.74, 6) is 0.827. The maximum Gasteiger partial charge on any atom is 0.282 e. The number of carbonyl (C=O) groups is 2. The second-order valence-corrected chi connectivity index (χ2v) is 9.69. The Hall–Kier alpha value is -0.800. The Morgan fingerprint density at radius 3 is 2.74 bits per heavy atom. The Labute approximate surface area is 142 Å². The molecular weight excluding hydrogens is 338 g/mol. The number of carbonyl (C=O) groups excluding carboxylic acids is 2. The van der Waals surface area contributed by atoms with E-state index in [4.69, 9.17) is 0 Å². The van der Waals surface area contributed by atoms with Gasteiger partial charge in [0.1, 0.15) is 6.54 Å². The average Bonchev–Trinajstić information content (AvgIpc) is 2.90. The van der Waals surface area contributed by atoms with Crippen molar-refractivity contribution in [1.29, 1.82) is 0 Å². The number of nitrogens with one attached hydrogen (secondary N) is 1. The number of rotatable bonds is 6. The van der Waals surface area contributed by atoms with E-state index in [1.54, 1.807) is 23.6 Å². The van der Waals surface area contributed by atoms with Gasteiger partial charge in [0.15, 0.2) is 0 Å². The largest absolute Gasteiger partial charge is 0.341 e. The number of hydrogen-bond acceptors (Lipinski definition) is 5. The minimum Gasteiger partial charge on any atom is -0.341 e. The quantitative estimate of drug-likeness (QED) is 0.751. The lowest BCUT2D eigenvalue weighted by atomic mass is 9.98. The van der Waals surface area contributed by atoms with E-state index in [0.29, 0.717) is 26.2 Å². The van der Waals surface area contributed by atoms with Gasteiger partial charge in [0.05, 0.1) is 5.25 Å². The van der Waals surface area contributed by atoms with Crippen molar-refractivity contribution in [3.8, 4) is 0 Å². The molecule has 2 fully saturated rings. The fourth-order valence-electron chi connectivity index (χ4n) is 2.69. The van der Waals surface area contributed by atoms with Gasteiger partial charge < -0.3 is 9.80 Å². The fourth-order valence-corrected chi connectivity index (χ4v) is 4.32. The van der Waals surface area contributed by atoms with E-state index >= 15 is 0 Å². The molecule has 9 heteroatoms. The van der Waals surface area contributed by atoms with Crippen LogP contribution in [-0.2, 0) is 14.8 Å². The van der Waals surface area contributed by atoms with Gasteiger partial charge in [-0.3, -0.25) is 9.59 Å². The number of likely N-dealkylation sites (tertiary alicyclic amines) is 1. The molecule has 7 nitrogen and oxygen atoms in total. The van der Waals surface area contributed by atoms with E-state index in [1.807, 2.05) is 0 Å². The molecule has 0 radical (unpaired) electrons. The van der Waals surface area contributed by atoms with Crippen LogP contribution in [0.3, 0.4) is 0 Å². The summed E-state index contributed by atoms with van der Waals surface area (Å²) < 4.78 is 26.3. The molecule has 2 rings (SSSR count). The van der Waals surface area contributed by atoms with Crippen molar-refractivity contribution in [1.82, 2.24) is 14.5 Å². The van der Waals surface area contributed by atoms with Crippen LogP contribution in [0.1, 0.15) is 26.7 Å². The van der Waals surface area contributed by atoms with Crippen LogP contribution in [0.5, 0.6) is 0 Å². The molecule has 2 saturated heterocycles. The number of sulfonamides is 1. The average molecular weight is 364 g/mol. The molecular formula is C14H25N3O4S2. The Morgan fingerprint density at radius 1 is 1.39 bits per heavy atom. The molecule has 23 heavy (non-hydrogen) atoms. The molecule has 0 unspecified atom stereocenters. The number of hydrogen-bond donors (Lipinski definition) is 1. The molecule has 0 aliphatic carbocycles. The van der Waals surface area contributed by atoms with Gasteiger partial charge in [0.2, 0.25) is 15.9 Å². The normalized spacial score (nSPS) is 22.9. The number of thioether (sulfide) groups is 1. The van der Waals surface area contributed by atoms with Crippen molar-refractivity contribution in [2.75, 3.05) is 38.5 Å². The second-order valence-electron chi connectivity index (χ2n) is 6.33.